The van der Waals surface area contributed by atoms with Crippen molar-refractivity contribution in [1.29, 1.82) is 0 Å². The van der Waals surface area contributed by atoms with E-state index >= 15 is 0 Å². The number of benzene rings is 1. The predicted octanol–water partition coefficient (Wildman–Crippen LogP) is 0.195. The summed E-state index contributed by atoms with van der Waals surface area (Å²) in [5, 5.41) is 3.40. The normalized spacial score (nSPS) is 15.8. The fourth-order valence-corrected chi connectivity index (χ4v) is 4.05. The van der Waals surface area contributed by atoms with E-state index in [2.05, 4.69) is 40.0 Å². The van der Waals surface area contributed by atoms with Gasteiger partial charge in [0.15, 0.2) is 0 Å². The Labute approximate surface area is 95.0 Å². The zero-order valence-electron chi connectivity index (χ0n) is 6.73. The van der Waals surface area contributed by atoms with Crippen molar-refractivity contribution in [2.45, 2.75) is 13.0 Å². The molecule has 0 aromatic heterocycles. The SMILES string of the molecule is [AsH2]c1cc(I)c2c(c1)CNCC2. The van der Waals surface area contributed by atoms with Crippen molar-refractivity contribution in [3.63, 3.8) is 0 Å². The third kappa shape index (κ3) is 1.70. The van der Waals surface area contributed by atoms with Crippen molar-refractivity contribution < 1.29 is 0 Å². The molecule has 0 saturated carbocycles. The minimum atomic E-state index is 1.06. The molecular weight excluding hydrogens is 324 g/mol. The molecule has 3 heteroatoms. The van der Waals surface area contributed by atoms with Gasteiger partial charge >= 0.3 is 95.5 Å². The Hall–Kier alpha value is 0.468. The molecule has 0 radical (unpaired) electrons. The molecule has 1 nitrogen and oxygen atoms in total. The van der Waals surface area contributed by atoms with E-state index in [0.29, 0.717) is 0 Å². The Kier molecular flexibility index (Phi) is 2.78. The molecule has 1 aromatic rings. The number of hydrogen-bond donors (Lipinski definition) is 1. The molecule has 1 aliphatic rings. The molecule has 1 aliphatic heterocycles. The standard InChI is InChI=1S/C9H11AsIN/c10-7-3-6-5-12-2-1-8(6)9(11)4-7/h3-4,12H,1-2,5,10H2. The second-order valence-electron chi connectivity index (χ2n) is 3.07. The van der Waals surface area contributed by atoms with E-state index in [1.807, 2.05) is 0 Å². The summed E-state index contributed by atoms with van der Waals surface area (Å²) in [5.74, 6) is 0. The van der Waals surface area contributed by atoms with Gasteiger partial charge in [0.1, 0.15) is 0 Å². The quantitative estimate of drug-likeness (QED) is 0.528. The second kappa shape index (κ2) is 3.68. The Morgan fingerprint density at radius 2 is 2.25 bits per heavy atom. The van der Waals surface area contributed by atoms with Gasteiger partial charge in [-0.25, -0.2) is 0 Å². The topological polar surface area (TPSA) is 12.0 Å². The van der Waals surface area contributed by atoms with Crippen molar-refractivity contribution in [3.8, 4) is 0 Å². The summed E-state index contributed by atoms with van der Waals surface area (Å²) < 4.78 is 2.89. The zero-order chi connectivity index (χ0) is 8.55. The van der Waals surface area contributed by atoms with Gasteiger partial charge in [-0.15, -0.1) is 0 Å². The first kappa shape index (κ1) is 9.04. The predicted molar refractivity (Wildman–Crippen MR) is 62.7 cm³/mol. The zero-order valence-corrected chi connectivity index (χ0v) is 11.3. The number of nitrogens with one attached hydrogen (secondary N) is 1. The van der Waals surface area contributed by atoms with Crippen LogP contribution in [0.25, 0.3) is 0 Å². The molecule has 1 aromatic carbocycles. The molecule has 1 unspecified atom stereocenters. The number of rotatable bonds is 0. The van der Waals surface area contributed by atoms with Gasteiger partial charge in [-0.3, -0.25) is 0 Å². The third-order valence-electron chi connectivity index (χ3n) is 2.18. The molecule has 1 heterocycles. The molecule has 64 valence electrons. The molecule has 1 N–H and O–H groups in total. The molecule has 0 fully saturated rings. The summed E-state index contributed by atoms with van der Waals surface area (Å²) in [4.78, 5) is 0. The van der Waals surface area contributed by atoms with Gasteiger partial charge in [0.25, 0.3) is 0 Å². The van der Waals surface area contributed by atoms with Crippen molar-refractivity contribution in [2.24, 2.45) is 0 Å². The molecule has 0 amide bonds. The fourth-order valence-electron chi connectivity index (χ4n) is 1.59. The summed E-state index contributed by atoms with van der Waals surface area (Å²) in [6.07, 6.45) is 1.20. The molecule has 2 rings (SSSR count). The number of fused-ring (bicyclic) bond motifs is 1. The second-order valence-corrected chi connectivity index (χ2v) is 5.63. The number of hydrogen-bond acceptors (Lipinski definition) is 1. The van der Waals surface area contributed by atoms with Crippen LogP contribution in [0, 0.1) is 3.57 Å². The molecule has 0 spiro atoms. The van der Waals surface area contributed by atoms with Crippen LogP contribution in [0.3, 0.4) is 0 Å². The van der Waals surface area contributed by atoms with Gasteiger partial charge in [-0.1, -0.05) is 0 Å². The Morgan fingerprint density at radius 1 is 1.42 bits per heavy atom. The average molecular weight is 335 g/mol. The monoisotopic (exact) mass is 335 g/mol. The van der Waals surface area contributed by atoms with Gasteiger partial charge in [0, 0.05) is 0 Å². The van der Waals surface area contributed by atoms with E-state index < -0.39 is 0 Å². The summed E-state index contributed by atoms with van der Waals surface area (Å²) in [5.41, 5.74) is 3.07. The first-order valence-corrected chi connectivity index (χ1v) is 6.34. The third-order valence-corrected chi connectivity index (χ3v) is 3.84. The van der Waals surface area contributed by atoms with Crippen LogP contribution in [-0.2, 0) is 13.0 Å². The van der Waals surface area contributed by atoms with Crippen LogP contribution in [0.15, 0.2) is 12.1 Å². The van der Waals surface area contributed by atoms with E-state index in [4.69, 9.17) is 0 Å². The number of halogens is 1. The Bertz CT molecular complexity index is 312. The van der Waals surface area contributed by atoms with Crippen LogP contribution in [0.5, 0.6) is 0 Å². The van der Waals surface area contributed by atoms with Gasteiger partial charge in [0.05, 0.1) is 0 Å². The molecule has 0 aliphatic carbocycles. The summed E-state index contributed by atoms with van der Waals surface area (Å²) >= 11 is 4.17. The molecule has 1 atom stereocenters. The van der Waals surface area contributed by atoms with Crippen molar-refractivity contribution in [2.75, 3.05) is 6.54 Å². The van der Waals surface area contributed by atoms with Crippen LogP contribution in [0.4, 0.5) is 0 Å². The summed E-state index contributed by atoms with van der Waals surface area (Å²) in [6, 6.07) is 4.62. The van der Waals surface area contributed by atoms with Crippen LogP contribution < -0.4 is 9.67 Å². The van der Waals surface area contributed by atoms with E-state index in [1.165, 1.54) is 19.9 Å². The molecule has 12 heavy (non-hydrogen) atoms. The van der Waals surface area contributed by atoms with Crippen LogP contribution in [0.1, 0.15) is 11.1 Å². The Balaban J connectivity index is 2.53. The van der Waals surface area contributed by atoms with E-state index in [9.17, 15) is 0 Å². The molecule has 0 saturated heterocycles. The van der Waals surface area contributed by atoms with E-state index in [1.54, 1.807) is 22.4 Å². The molecular formula is C9H11AsIN. The summed E-state index contributed by atoms with van der Waals surface area (Å²) in [6.45, 7) is 2.19. The average Bonchev–Trinajstić information content (AvgIpc) is 2.04. The van der Waals surface area contributed by atoms with Gasteiger partial charge in [-0.05, 0) is 0 Å². The fraction of sp³-hybridized carbons (Fsp3) is 0.333. The maximum atomic E-state index is 3.40. The van der Waals surface area contributed by atoms with Crippen LogP contribution >= 0.6 is 22.6 Å². The van der Waals surface area contributed by atoms with Crippen molar-refractivity contribution in [3.05, 3.63) is 26.8 Å². The van der Waals surface area contributed by atoms with Crippen molar-refractivity contribution >= 4 is 43.8 Å². The van der Waals surface area contributed by atoms with Crippen LogP contribution in [-0.4, -0.2) is 23.4 Å². The van der Waals surface area contributed by atoms with Gasteiger partial charge in [0.2, 0.25) is 0 Å². The first-order valence-electron chi connectivity index (χ1n) is 4.05. The summed E-state index contributed by atoms with van der Waals surface area (Å²) in [7, 11) is 0. The van der Waals surface area contributed by atoms with Gasteiger partial charge < -0.3 is 0 Å². The maximum absolute atomic E-state index is 3.40. The van der Waals surface area contributed by atoms with E-state index in [0.717, 1.165) is 13.1 Å². The van der Waals surface area contributed by atoms with Gasteiger partial charge in [-0.2, -0.15) is 0 Å². The first-order chi connectivity index (χ1) is 5.77. The van der Waals surface area contributed by atoms with Crippen LogP contribution in [0.2, 0.25) is 0 Å². The van der Waals surface area contributed by atoms with Crippen molar-refractivity contribution in [1.82, 2.24) is 5.32 Å². The Morgan fingerprint density at radius 3 is 3.08 bits per heavy atom. The molecule has 0 bridgehead atoms. The minimum absolute atomic E-state index is 1.06. The van der Waals surface area contributed by atoms with E-state index in [-0.39, 0.29) is 0 Å².